The fourth-order valence-corrected chi connectivity index (χ4v) is 6.39. The van der Waals surface area contributed by atoms with Crippen LogP contribution in [0.1, 0.15) is 72.1 Å². The highest BCUT2D eigenvalue weighted by molar-refractivity contribution is 7.85. The van der Waals surface area contributed by atoms with Crippen molar-refractivity contribution < 1.29 is 8.95 Å². The Kier molecular flexibility index (Phi) is 7.00. The van der Waals surface area contributed by atoms with Crippen molar-refractivity contribution in [2.75, 3.05) is 18.9 Å². The molecule has 0 aliphatic heterocycles. The molecule has 3 rings (SSSR count). The van der Waals surface area contributed by atoms with Crippen LogP contribution in [-0.2, 0) is 15.5 Å². The molecule has 5 atom stereocenters. The summed E-state index contributed by atoms with van der Waals surface area (Å²) >= 11 is 0. The van der Waals surface area contributed by atoms with Gasteiger partial charge in [0.1, 0.15) is 0 Å². The molecule has 0 radical (unpaired) electrons. The lowest BCUT2D eigenvalue weighted by Gasteiger charge is -2.61. The van der Waals surface area contributed by atoms with E-state index in [0.717, 1.165) is 57.0 Å². The molecular weight excluding hydrogens is 346 g/mol. The molecule has 3 aliphatic carbocycles. The minimum atomic E-state index is -0.683. The molecule has 26 heavy (non-hydrogen) atoms. The number of nitrogens with zero attached hydrogens (tertiary/aromatic N) is 1. The third-order valence-electron chi connectivity index (χ3n) is 6.69. The molecule has 5 unspecified atom stereocenters. The normalized spacial score (nSPS) is 34.7. The van der Waals surface area contributed by atoms with Gasteiger partial charge in [0.15, 0.2) is 5.96 Å². The molecule has 3 fully saturated rings. The first-order chi connectivity index (χ1) is 12.6. The fourth-order valence-electron chi connectivity index (χ4n) is 5.04. The zero-order chi connectivity index (χ0) is 18.6. The Bertz CT molecular complexity index is 521. The number of nitrogens with one attached hydrogen (secondary N) is 2. The summed E-state index contributed by atoms with van der Waals surface area (Å²) in [6, 6.07) is 0.872. The van der Waals surface area contributed by atoms with E-state index in [9.17, 15) is 4.21 Å². The highest BCUT2D eigenvalue weighted by Gasteiger charge is 2.59. The summed E-state index contributed by atoms with van der Waals surface area (Å²) < 4.78 is 18.2. The van der Waals surface area contributed by atoms with E-state index in [1.165, 1.54) is 19.3 Å². The van der Waals surface area contributed by atoms with Crippen LogP contribution in [0, 0.1) is 5.41 Å². The van der Waals surface area contributed by atoms with E-state index in [1.807, 2.05) is 6.92 Å². The van der Waals surface area contributed by atoms with Crippen LogP contribution in [-0.4, -0.2) is 52.5 Å². The van der Waals surface area contributed by atoms with Crippen molar-refractivity contribution in [3.63, 3.8) is 0 Å². The number of hydrogen-bond acceptors (Lipinski definition) is 3. The lowest BCUT2D eigenvalue weighted by Crippen LogP contribution is -2.69. The third-order valence-corrected chi connectivity index (χ3v) is 8.43. The lowest BCUT2D eigenvalue weighted by molar-refractivity contribution is -0.168. The van der Waals surface area contributed by atoms with Gasteiger partial charge in [-0.1, -0.05) is 19.8 Å². The minimum Gasteiger partial charge on any atom is -0.378 e. The number of aliphatic imine (C=N–C) groups is 1. The molecule has 5 nitrogen and oxygen atoms in total. The van der Waals surface area contributed by atoms with Gasteiger partial charge in [-0.3, -0.25) is 9.20 Å². The number of ether oxygens (including phenoxy) is 1. The maximum absolute atomic E-state index is 12.2. The number of rotatable bonds is 7. The lowest BCUT2D eigenvalue weighted by atomic mass is 9.51. The number of hydrogen-bond donors (Lipinski definition) is 2. The predicted molar refractivity (Wildman–Crippen MR) is 109 cm³/mol. The zero-order valence-corrected chi connectivity index (χ0v) is 17.6. The second-order valence-corrected chi connectivity index (χ2v) is 10.1. The summed E-state index contributed by atoms with van der Waals surface area (Å²) in [7, 11) is -0.683. The molecule has 6 heteroatoms. The van der Waals surface area contributed by atoms with Crippen molar-refractivity contribution in [1.29, 1.82) is 0 Å². The molecule has 150 valence electrons. The average molecular weight is 384 g/mol. The van der Waals surface area contributed by atoms with Gasteiger partial charge < -0.3 is 15.4 Å². The van der Waals surface area contributed by atoms with Crippen LogP contribution in [0.4, 0.5) is 0 Å². The highest BCUT2D eigenvalue weighted by Crippen LogP contribution is 2.57. The van der Waals surface area contributed by atoms with Crippen LogP contribution >= 0.6 is 0 Å². The Balaban J connectivity index is 1.57. The van der Waals surface area contributed by atoms with Gasteiger partial charge in [-0.2, -0.15) is 0 Å². The van der Waals surface area contributed by atoms with E-state index < -0.39 is 10.8 Å². The molecule has 0 aromatic carbocycles. The summed E-state index contributed by atoms with van der Waals surface area (Å²) in [5.74, 6) is 1.72. The first-order valence-electron chi connectivity index (χ1n) is 10.7. The topological polar surface area (TPSA) is 62.7 Å². The first kappa shape index (κ1) is 20.1. The van der Waals surface area contributed by atoms with Gasteiger partial charge in [0.25, 0.3) is 0 Å². The molecular formula is C20H37N3O2S. The second-order valence-electron chi connectivity index (χ2n) is 8.09. The third kappa shape index (κ3) is 4.11. The SMILES string of the molecule is CCN=C(NC1CCCC(S(=O)CC)C1)NC1CC(OCC)C12CCC2. The largest absolute Gasteiger partial charge is 0.378 e. The molecule has 3 saturated carbocycles. The van der Waals surface area contributed by atoms with Crippen LogP contribution < -0.4 is 10.6 Å². The molecule has 3 aliphatic rings. The molecule has 0 saturated heterocycles. The minimum absolute atomic E-state index is 0.338. The van der Waals surface area contributed by atoms with Crippen molar-refractivity contribution in [3.8, 4) is 0 Å². The Morgan fingerprint density at radius 3 is 2.58 bits per heavy atom. The smallest absolute Gasteiger partial charge is 0.191 e. The van der Waals surface area contributed by atoms with Crippen molar-refractivity contribution in [1.82, 2.24) is 10.6 Å². The molecule has 0 bridgehead atoms. The average Bonchev–Trinajstić information content (AvgIpc) is 2.59. The predicted octanol–water partition coefficient (Wildman–Crippen LogP) is 2.97. The highest BCUT2D eigenvalue weighted by atomic mass is 32.2. The van der Waals surface area contributed by atoms with Gasteiger partial charge in [0.2, 0.25) is 0 Å². The van der Waals surface area contributed by atoms with Gasteiger partial charge in [0.05, 0.1) is 6.10 Å². The zero-order valence-electron chi connectivity index (χ0n) is 16.8. The second kappa shape index (κ2) is 9.05. The Hall–Kier alpha value is -0.620. The maximum Gasteiger partial charge on any atom is 0.191 e. The molecule has 1 spiro atoms. The van der Waals surface area contributed by atoms with Gasteiger partial charge in [-0.05, 0) is 52.4 Å². The van der Waals surface area contributed by atoms with Crippen LogP contribution in [0.5, 0.6) is 0 Å². The monoisotopic (exact) mass is 383 g/mol. The van der Waals surface area contributed by atoms with Crippen molar-refractivity contribution in [2.45, 2.75) is 95.6 Å². The molecule has 0 aromatic heterocycles. The van der Waals surface area contributed by atoms with Crippen molar-refractivity contribution >= 4 is 16.8 Å². The van der Waals surface area contributed by atoms with Gasteiger partial charge >= 0.3 is 0 Å². The summed E-state index contributed by atoms with van der Waals surface area (Å²) in [6.45, 7) is 7.80. The summed E-state index contributed by atoms with van der Waals surface area (Å²) in [5.41, 5.74) is 0.338. The van der Waals surface area contributed by atoms with E-state index in [0.29, 0.717) is 28.9 Å². The number of guanidine groups is 1. The van der Waals surface area contributed by atoms with E-state index in [4.69, 9.17) is 9.73 Å². The van der Waals surface area contributed by atoms with Crippen LogP contribution in [0.15, 0.2) is 4.99 Å². The Morgan fingerprint density at radius 1 is 1.15 bits per heavy atom. The molecule has 0 aromatic rings. The Morgan fingerprint density at radius 2 is 1.96 bits per heavy atom. The van der Waals surface area contributed by atoms with E-state index in [1.54, 1.807) is 0 Å². The van der Waals surface area contributed by atoms with Gasteiger partial charge in [-0.25, -0.2) is 0 Å². The van der Waals surface area contributed by atoms with E-state index >= 15 is 0 Å². The summed E-state index contributed by atoms with van der Waals surface area (Å²) in [5, 5.41) is 7.73. The van der Waals surface area contributed by atoms with Crippen molar-refractivity contribution in [3.05, 3.63) is 0 Å². The van der Waals surface area contributed by atoms with Crippen LogP contribution in [0.2, 0.25) is 0 Å². The molecule has 2 N–H and O–H groups in total. The van der Waals surface area contributed by atoms with Crippen LogP contribution in [0.25, 0.3) is 0 Å². The first-order valence-corrected chi connectivity index (χ1v) is 12.1. The van der Waals surface area contributed by atoms with Gasteiger partial charge in [-0.15, -0.1) is 0 Å². The van der Waals surface area contributed by atoms with E-state index in [2.05, 4.69) is 24.5 Å². The van der Waals surface area contributed by atoms with Crippen LogP contribution in [0.3, 0.4) is 0 Å². The standard InChI is InChI=1S/C20H37N3O2S/c1-4-21-19(22-15-9-7-10-16(13-15)26(24)6-3)23-17-14-18(25-5-2)20(17)11-8-12-20/h15-18H,4-14H2,1-3H3,(H2,21,22,23). The summed E-state index contributed by atoms with van der Waals surface area (Å²) in [4.78, 5) is 4.70. The van der Waals surface area contributed by atoms with Crippen molar-refractivity contribution in [2.24, 2.45) is 10.4 Å². The maximum atomic E-state index is 12.2. The van der Waals surface area contributed by atoms with E-state index in [-0.39, 0.29) is 0 Å². The summed E-state index contributed by atoms with van der Waals surface area (Å²) in [6.07, 6.45) is 9.80. The molecule has 0 amide bonds. The quantitative estimate of drug-likeness (QED) is 0.524. The fraction of sp³-hybridized carbons (Fsp3) is 0.950. The van der Waals surface area contributed by atoms with Gasteiger partial charge in [0, 0.05) is 52.5 Å². The molecule has 0 heterocycles. The Labute approximate surface area is 161 Å².